The van der Waals surface area contributed by atoms with Crippen LogP contribution in [0.1, 0.15) is 17.3 Å². The predicted octanol–water partition coefficient (Wildman–Crippen LogP) is 1.29. The van der Waals surface area contributed by atoms with Crippen LogP contribution in [0.2, 0.25) is 0 Å². The lowest BCUT2D eigenvalue weighted by Gasteiger charge is -2.06. The van der Waals surface area contributed by atoms with Crippen molar-refractivity contribution in [2.75, 3.05) is 13.2 Å². The number of hydrogen-bond acceptors (Lipinski definition) is 4. The summed E-state index contributed by atoms with van der Waals surface area (Å²) in [5.74, 6) is -1.28. The highest BCUT2D eigenvalue weighted by Gasteiger charge is 2.11. The van der Waals surface area contributed by atoms with E-state index in [9.17, 15) is 14.4 Å². The fourth-order valence-electron chi connectivity index (χ4n) is 1.17. The Labute approximate surface area is 124 Å². The Bertz CT molecular complexity index is 473. The Morgan fingerprint density at radius 2 is 1.84 bits per heavy atom. The third-order valence-corrected chi connectivity index (χ3v) is 2.72. The Morgan fingerprint density at radius 1 is 1.21 bits per heavy atom. The van der Waals surface area contributed by atoms with Crippen molar-refractivity contribution in [2.45, 2.75) is 6.92 Å². The highest BCUT2D eigenvalue weighted by atomic mass is 127. The second kappa shape index (κ2) is 7.72. The molecule has 0 aliphatic carbocycles. The van der Waals surface area contributed by atoms with Gasteiger partial charge in [0, 0.05) is 10.1 Å². The van der Waals surface area contributed by atoms with E-state index in [0.717, 1.165) is 3.57 Å². The van der Waals surface area contributed by atoms with E-state index in [2.05, 4.69) is 27.9 Å². The zero-order valence-corrected chi connectivity index (χ0v) is 12.4. The number of carbonyl (C=O) groups excluding carboxylic acids is 3. The molecule has 0 atom stereocenters. The van der Waals surface area contributed by atoms with Crippen LogP contribution in [0.3, 0.4) is 0 Å². The molecule has 19 heavy (non-hydrogen) atoms. The molecule has 7 heteroatoms. The molecule has 102 valence electrons. The lowest BCUT2D eigenvalue weighted by Crippen LogP contribution is -2.41. The first-order valence-corrected chi connectivity index (χ1v) is 6.61. The van der Waals surface area contributed by atoms with Crippen molar-refractivity contribution in [3.8, 4) is 0 Å². The number of imide groups is 1. The van der Waals surface area contributed by atoms with Gasteiger partial charge in [0.15, 0.2) is 6.61 Å². The van der Waals surface area contributed by atoms with Crippen molar-refractivity contribution in [2.24, 2.45) is 0 Å². The molecule has 1 aromatic rings. The van der Waals surface area contributed by atoms with Crippen LogP contribution in [0.4, 0.5) is 4.79 Å². The summed E-state index contributed by atoms with van der Waals surface area (Å²) >= 11 is 2.11. The molecule has 0 saturated heterocycles. The largest absolute Gasteiger partial charge is 0.452 e. The fraction of sp³-hybridized carbons (Fsp3) is 0.250. The van der Waals surface area contributed by atoms with Crippen LogP contribution >= 0.6 is 22.6 Å². The maximum atomic E-state index is 11.6. The number of nitrogens with one attached hydrogen (secondary N) is 2. The van der Waals surface area contributed by atoms with Gasteiger partial charge in [-0.05, 0) is 53.8 Å². The van der Waals surface area contributed by atoms with E-state index < -0.39 is 24.5 Å². The highest BCUT2D eigenvalue weighted by Crippen LogP contribution is 2.07. The maximum Gasteiger partial charge on any atom is 0.338 e. The summed E-state index contributed by atoms with van der Waals surface area (Å²) in [5.41, 5.74) is 0.353. The van der Waals surface area contributed by atoms with Gasteiger partial charge >= 0.3 is 12.0 Å². The van der Waals surface area contributed by atoms with Crippen molar-refractivity contribution >= 4 is 40.5 Å². The minimum atomic E-state index is -0.676. The molecule has 0 aliphatic heterocycles. The third-order valence-electron chi connectivity index (χ3n) is 2.00. The van der Waals surface area contributed by atoms with Gasteiger partial charge in [-0.3, -0.25) is 10.1 Å². The second-order valence-electron chi connectivity index (χ2n) is 3.49. The van der Waals surface area contributed by atoms with E-state index in [0.29, 0.717) is 12.1 Å². The quantitative estimate of drug-likeness (QED) is 0.613. The first-order chi connectivity index (χ1) is 9.02. The summed E-state index contributed by atoms with van der Waals surface area (Å²) in [5, 5.41) is 4.42. The topological polar surface area (TPSA) is 84.5 Å². The summed E-state index contributed by atoms with van der Waals surface area (Å²) in [7, 11) is 0. The third kappa shape index (κ3) is 5.69. The smallest absolute Gasteiger partial charge is 0.338 e. The number of carbonyl (C=O) groups is 3. The Kier molecular flexibility index (Phi) is 6.26. The maximum absolute atomic E-state index is 11.6. The SMILES string of the molecule is CCNC(=O)NC(=O)COC(=O)c1ccc(I)cc1. The normalized spacial score (nSPS) is 9.58. The summed E-state index contributed by atoms with van der Waals surface area (Å²) in [6.45, 7) is 1.63. The number of amides is 3. The van der Waals surface area contributed by atoms with Crippen LogP contribution < -0.4 is 10.6 Å². The molecule has 0 heterocycles. The molecule has 0 radical (unpaired) electrons. The molecule has 0 aromatic heterocycles. The number of hydrogen-bond donors (Lipinski definition) is 2. The van der Waals surface area contributed by atoms with Crippen LogP contribution in [0, 0.1) is 3.57 Å². The molecular weight excluding hydrogens is 363 g/mol. The molecule has 0 fully saturated rings. The number of rotatable bonds is 4. The molecule has 6 nitrogen and oxygen atoms in total. The number of urea groups is 1. The van der Waals surface area contributed by atoms with E-state index in [-0.39, 0.29) is 0 Å². The van der Waals surface area contributed by atoms with Crippen LogP contribution in [0.5, 0.6) is 0 Å². The van der Waals surface area contributed by atoms with Gasteiger partial charge < -0.3 is 10.1 Å². The van der Waals surface area contributed by atoms with Gasteiger partial charge in [0.25, 0.3) is 5.91 Å². The van der Waals surface area contributed by atoms with Crippen molar-refractivity contribution < 1.29 is 19.1 Å². The molecule has 0 aliphatic rings. The average Bonchev–Trinajstić information content (AvgIpc) is 2.37. The molecule has 1 aromatic carbocycles. The predicted molar refractivity (Wildman–Crippen MR) is 76.7 cm³/mol. The summed E-state index contributed by atoms with van der Waals surface area (Å²) < 4.78 is 5.76. The molecule has 0 unspecified atom stereocenters. The van der Waals surface area contributed by atoms with Crippen LogP contribution in [-0.4, -0.2) is 31.1 Å². The first-order valence-electron chi connectivity index (χ1n) is 5.53. The summed E-state index contributed by atoms with van der Waals surface area (Å²) in [6.07, 6.45) is 0. The van der Waals surface area contributed by atoms with Gasteiger partial charge in [-0.2, -0.15) is 0 Å². The van der Waals surface area contributed by atoms with E-state index in [4.69, 9.17) is 4.74 Å². The minimum Gasteiger partial charge on any atom is -0.452 e. The van der Waals surface area contributed by atoms with E-state index in [1.54, 1.807) is 31.2 Å². The van der Waals surface area contributed by atoms with E-state index in [1.807, 2.05) is 5.32 Å². The van der Waals surface area contributed by atoms with Crippen LogP contribution in [0.25, 0.3) is 0 Å². The van der Waals surface area contributed by atoms with Gasteiger partial charge in [0.2, 0.25) is 0 Å². The molecule has 1 rings (SSSR count). The van der Waals surface area contributed by atoms with Gasteiger partial charge in [-0.25, -0.2) is 9.59 Å². The Hall–Kier alpha value is -1.64. The highest BCUT2D eigenvalue weighted by molar-refractivity contribution is 14.1. The van der Waals surface area contributed by atoms with E-state index >= 15 is 0 Å². The van der Waals surface area contributed by atoms with Gasteiger partial charge in [-0.15, -0.1) is 0 Å². The molecular formula is C12H13IN2O4. The van der Waals surface area contributed by atoms with Crippen molar-refractivity contribution in [3.05, 3.63) is 33.4 Å². The summed E-state index contributed by atoms with van der Waals surface area (Å²) in [6, 6.07) is 6.10. The standard InChI is InChI=1S/C12H13IN2O4/c1-2-14-12(18)15-10(16)7-19-11(17)8-3-5-9(13)6-4-8/h3-6H,2,7H2,1H3,(H2,14,15,16,18). The molecule has 0 bridgehead atoms. The van der Waals surface area contributed by atoms with E-state index in [1.165, 1.54) is 0 Å². The first kappa shape index (κ1) is 15.4. The molecule has 3 amide bonds. The van der Waals surface area contributed by atoms with Gasteiger partial charge in [0.1, 0.15) is 0 Å². The molecule has 0 spiro atoms. The van der Waals surface area contributed by atoms with Crippen molar-refractivity contribution in [1.82, 2.24) is 10.6 Å². The lowest BCUT2D eigenvalue weighted by atomic mass is 10.2. The minimum absolute atomic E-state index is 0.353. The number of esters is 1. The van der Waals surface area contributed by atoms with Crippen molar-refractivity contribution in [1.29, 1.82) is 0 Å². The lowest BCUT2D eigenvalue weighted by molar-refractivity contribution is -0.123. The number of ether oxygens (including phenoxy) is 1. The molecule has 2 N–H and O–H groups in total. The summed E-state index contributed by atoms with van der Waals surface area (Å²) in [4.78, 5) is 33.9. The second-order valence-corrected chi connectivity index (χ2v) is 4.74. The number of benzene rings is 1. The number of halogens is 1. The van der Waals surface area contributed by atoms with Gasteiger partial charge in [0.05, 0.1) is 5.56 Å². The monoisotopic (exact) mass is 376 g/mol. The van der Waals surface area contributed by atoms with Crippen LogP contribution in [0.15, 0.2) is 24.3 Å². The van der Waals surface area contributed by atoms with Gasteiger partial charge in [-0.1, -0.05) is 0 Å². The van der Waals surface area contributed by atoms with Crippen LogP contribution in [-0.2, 0) is 9.53 Å². The van der Waals surface area contributed by atoms with Crippen molar-refractivity contribution in [3.63, 3.8) is 0 Å². The zero-order chi connectivity index (χ0) is 14.3. The average molecular weight is 376 g/mol. The Balaban J connectivity index is 2.40. The molecule has 0 saturated carbocycles. The zero-order valence-electron chi connectivity index (χ0n) is 10.2. The Morgan fingerprint density at radius 3 is 2.42 bits per heavy atom. The fourth-order valence-corrected chi connectivity index (χ4v) is 1.53.